The van der Waals surface area contributed by atoms with Gasteiger partial charge in [0, 0.05) is 25.3 Å². The molecule has 15 heteroatoms. The number of ether oxygens (including phenoxy) is 2. The first-order valence-corrected chi connectivity index (χ1v) is 18.9. The molecule has 0 bridgehead atoms. The molecule has 2 aromatic rings. The van der Waals surface area contributed by atoms with E-state index >= 15 is 0 Å². The Bertz CT molecular complexity index is 1810. The van der Waals surface area contributed by atoms with E-state index in [-0.39, 0.29) is 19.4 Å². The maximum atomic E-state index is 14.3. The van der Waals surface area contributed by atoms with Crippen molar-refractivity contribution < 1.29 is 41.5 Å². The summed E-state index contributed by atoms with van der Waals surface area (Å²) in [5.41, 5.74) is -1.10. The van der Waals surface area contributed by atoms with Crippen LogP contribution in [-0.2, 0) is 29.1 Å². The molecule has 3 N–H and O–H groups in total. The second kappa shape index (κ2) is 13.2. The van der Waals surface area contributed by atoms with E-state index in [1.807, 2.05) is 12.2 Å². The predicted molar refractivity (Wildman–Crippen MR) is 182 cm³/mol. The first-order valence-electron chi connectivity index (χ1n) is 17.4. The number of benzene rings is 1. The molecule has 272 valence electrons. The number of nitrogens with zero attached hydrogens (tertiary/aromatic N) is 2. The quantitative estimate of drug-likeness (QED) is 0.372. The number of fused-ring (bicyclic) bond motifs is 3. The van der Waals surface area contributed by atoms with Crippen molar-refractivity contribution in [2.75, 3.05) is 6.54 Å². The number of alkyl carbamates (subject to hydrolysis) is 1. The molecule has 6 rings (SSSR count). The summed E-state index contributed by atoms with van der Waals surface area (Å²) in [6.07, 6.45) is 6.85. The lowest BCUT2D eigenvalue weighted by atomic mass is 10.0. The molecule has 0 unspecified atom stereocenters. The smallest absolute Gasteiger partial charge is 0.408 e. The summed E-state index contributed by atoms with van der Waals surface area (Å²) >= 11 is 0. The monoisotopic (exact) mass is 713 g/mol. The first kappa shape index (κ1) is 35.7. The molecular weight excluding hydrogens is 666 g/mol. The van der Waals surface area contributed by atoms with Crippen LogP contribution in [0.1, 0.15) is 91.4 Å². The second-order valence-electron chi connectivity index (χ2n) is 15.3. The van der Waals surface area contributed by atoms with E-state index in [1.54, 1.807) is 52.8 Å². The molecular formula is C35H47N5O9S. The first-order chi connectivity index (χ1) is 23.5. The van der Waals surface area contributed by atoms with Gasteiger partial charge in [-0.3, -0.25) is 19.1 Å². The van der Waals surface area contributed by atoms with Crippen LogP contribution >= 0.6 is 0 Å². The van der Waals surface area contributed by atoms with Crippen LogP contribution in [0.15, 0.2) is 34.8 Å². The second-order valence-corrected chi connectivity index (χ2v) is 17.5. The molecule has 0 spiro atoms. The van der Waals surface area contributed by atoms with Crippen molar-refractivity contribution in [1.82, 2.24) is 25.2 Å². The SMILES string of the molecule is Cc1nc2cc(O[C@@H]3C[C@H]4C(=O)N[C@]5(C(=O)NS(=O)(=O)C6(C)CC6)C[C@H]5/C=C\CCCCC[C@H](NC(=O)OC(C)(C)C)C(=O)N4C3)ccc2o1. The van der Waals surface area contributed by atoms with Gasteiger partial charge in [0.05, 0.1) is 11.3 Å². The number of aromatic nitrogens is 1. The van der Waals surface area contributed by atoms with Crippen LogP contribution < -0.4 is 20.1 Å². The molecule has 50 heavy (non-hydrogen) atoms. The third kappa shape index (κ3) is 7.62. The zero-order chi connectivity index (χ0) is 36.1. The highest BCUT2D eigenvalue weighted by molar-refractivity contribution is 7.91. The Hall–Kier alpha value is -4.14. The van der Waals surface area contributed by atoms with Gasteiger partial charge in [0.25, 0.3) is 5.91 Å². The number of allylic oxidation sites excluding steroid dienone is 1. The number of carbonyl (C=O) groups is 4. The minimum absolute atomic E-state index is 0.0224. The summed E-state index contributed by atoms with van der Waals surface area (Å²) in [5, 5.41) is 5.60. The average molecular weight is 714 g/mol. The number of hydrogen-bond donors (Lipinski definition) is 3. The summed E-state index contributed by atoms with van der Waals surface area (Å²) in [6, 6.07) is 3.11. The van der Waals surface area contributed by atoms with E-state index in [9.17, 15) is 27.6 Å². The van der Waals surface area contributed by atoms with E-state index in [4.69, 9.17) is 13.9 Å². The van der Waals surface area contributed by atoms with Gasteiger partial charge in [-0.05, 0) is 78.4 Å². The van der Waals surface area contributed by atoms with Crippen molar-refractivity contribution >= 4 is 44.9 Å². The van der Waals surface area contributed by atoms with E-state index in [2.05, 4.69) is 20.3 Å². The Morgan fingerprint density at radius 2 is 1.90 bits per heavy atom. The van der Waals surface area contributed by atoms with Gasteiger partial charge < -0.3 is 29.4 Å². The number of rotatable bonds is 6. The minimum Gasteiger partial charge on any atom is -0.488 e. The van der Waals surface area contributed by atoms with Crippen LogP contribution in [0.3, 0.4) is 0 Å². The Kier molecular flexibility index (Phi) is 9.42. The highest BCUT2D eigenvalue weighted by Crippen LogP contribution is 2.47. The number of aryl methyl sites for hydroxylation is 1. The fraction of sp³-hybridized carbons (Fsp3) is 0.629. The average Bonchev–Trinajstić information content (AvgIpc) is 3.84. The highest BCUT2D eigenvalue weighted by Gasteiger charge is 2.63. The Morgan fingerprint density at radius 3 is 2.62 bits per heavy atom. The molecule has 14 nitrogen and oxygen atoms in total. The third-order valence-corrected chi connectivity index (χ3v) is 12.1. The van der Waals surface area contributed by atoms with Crippen LogP contribution in [0, 0.1) is 12.8 Å². The molecule has 3 fully saturated rings. The highest BCUT2D eigenvalue weighted by atomic mass is 32.2. The molecule has 4 amide bonds. The predicted octanol–water partition coefficient (Wildman–Crippen LogP) is 3.77. The Labute approximate surface area is 292 Å². The zero-order valence-corrected chi connectivity index (χ0v) is 30.1. The van der Waals surface area contributed by atoms with Crippen molar-refractivity contribution in [3.05, 3.63) is 36.2 Å². The maximum Gasteiger partial charge on any atom is 0.408 e. The van der Waals surface area contributed by atoms with Gasteiger partial charge in [0.1, 0.15) is 40.6 Å². The largest absolute Gasteiger partial charge is 0.488 e. The Morgan fingerprint density at radius 1 is 1.14 bits per heavy atom. The van der Waals surface area contributed by atoms with Crippen molar-refractivity contribution in [2.45, 2.75) is 126 Å². The van der Waals surface area contributed by atoms with E-state index in [1.165, 1.54) is 4.90 Å². The number of sulfonamides is 1. The van der Waals surface area contributed by atoms with Crippen molar-refractivity contribution in [3.63, 3.8) is 0 Å². The van der Waals surface area contributed by atoms with Gasteiger partial charge in [-0.15, -0.1) is 0 Å². The van der Waals surface area contributed by atoms with Crippen LogP contribution in [-0.4, -0.2) is 82.7 Å². The molecule has 5 atom stereocenters. The summed E-state index contributed by atoms with van der Waals surface area (Å²) in [5.74, 6) is -1.33. The zero-order valence-electron chi connectivity index (χ0n) is 29.2. The van der Waals surface area contributed by atoms with E-state index in [0.717, 1.165) is 12.8 Å². The molecule has 2 aliphatic heterocycles. The van der Waals surface area contributed by atoms with Gasteiger partial charge in [-0.2, -0.15) is 0 Å². The van der Waals surface area contributed by atoms with Gasteiger partial charge in [0.2, 0.25) is 21.8 Å². The molecule has 2 saturated carbocycles. The van der Waals surface area contributed by atoms with Gasteiger partial charge in [0.15, 0.2) is 11.5 Å². The van der Waals surface area contributed by atoms with Crippen LogP contribution in [0.5, 0.6) is 5.75 Å². The normalized spacial score (nSPS) is 29.0. The lowest BCUT2D eigenvalue weighted by Gasteiger charge is -2.30. The lowest BCUT2D eigenvalue weighted by molar-refractivity contribution is -0.141. The van der Waals surface area contributed by atoms with Crippen molar-refractivity contribution in [2.24, 2.45) is 5.92 Å². The number of hydrogen-bond acceptors (Lipinski definition) is 10. The summed E-state index contributed by atoms with van der Waals surface area (Å²) < 4.78 is 44.7. The molecule has 1 aromatic heterocycles. The molecule has 0 radical (unpaired) electrons. The fourth-order valence-corrected chi connectivity index (χ4v) is 8.00. The fourth-order valence-electron chi connectivity index (χ4n) is 6.68. The molecule has 2 aliphatic carbocycles. The van der Waals surface area contributed by atoms with E-state index < -0.39 is 73.8 Å². The summed E-state index contributed by atoms with van der Waals surface area (Å²) in [4.78, 5) is 60.9. The molecule has 1 aromatic carbocycles. The maximum absolute atomic E-state index is 14.3. The van der Waals surface area contributed by atoms with Crippen LogP contribution in [0.2, 0.25) is 0 Å². The molecule has 4 aliphatic rings. The topological polar surface area (TPSA) is 186 Å². The van der Waals surface area contributed by atoms with Gasteiger partial charge in [-0.25, -0.2) is 18.2 Å². The number of oxazole rings is 1. The van der Waals surface area contributed by atoms with Crippen LogP contribution in [0.25, 0.3) is 11.1 Å². The standard InChI is InChI=1S/C35H47N5O9S/c1-21-36-26-17-23(13-14-28(26)47-21)48-24-18-27-29(41)38-35(31(43)39-50(45,46)34(5)15-16-34)19-22(35)11-9-7-6-8-10-12-25(30(42)40(27)20-24)37-32(44)49-33(2,3)4/h9,11,13-14,17,22,24-25,27H,6-8,10,12,15-16,18-20H2,1-5H3,(H,37,44)(H,38,41)(H,39,43)/b11-9-/t22-,24-,25+,27+,35-/m1/s1. The van der Waals surface area contributed by atoms with Crippen LogP contribution in [0.4, 0.5) is 4.79 Å². The molecule has 1 saturated heterocycles. The number of carbonyl (C=O) groups excluding carboxylic acids is 4. The summed E-state index contributed by atoms with van der Waals surface area (Å²) in [6.45, 7) is 8.54. The van der Waals surface area contributed by atoms with E-state index in [0.29, 0.717) is 54.8 Å². The van der Waals surface area contributed by atoms with Crippen molar-refractivity contribution in [3.8, 4) is 5.75 Å². The number of amides is 4. The minimum atomic E-state index is -3.97. The van der Waals surface area contributed by atoms with Crippen molar-refractivity contribution in [1.29, 1.82) is 0 Å². The lowest BCUT2D eigenvalue weighted by Crippen LogP contribution is -2.58. The summed E-state index contributed by atoms with van der Waals surface area (Å²) in [7, 11) is -3.97. The van der Waals surface area contributed by atoms with Gasteiger partial charge in [-0.1, -0.05) is 25.0 Å². The number of nitrogens with one attached hydrogen (secondary N) is 3. The Balaban J connectivity index is 1.29. The van der Waals surface area contributed by atoms with Gasteiger partial charge >= 0.3 is 6.09 Å². The molecule has 3 heterocycles. The third-order valence-electron chi connectivity index (χ3n) is 9.93.